The van der Waals surface area contributed by atoms with Crippen molar-refractivity contribution in [1.82, 2.24) is 9.78 Å². The lowest BCUT2D eigenvalue weighted by Gasteiger charge is -2.07. The second-order valence-corrected chi connectivity index (χ2v) is 5.54. The van der Waals surface area contributed by atoms with Crippen LogP contribution in [0, 0.1) is 13.8 Å². The number of carbonyl (C=O) groups excluding carboxylic acids is 1. The van der Waals surface area contributed by atoms with Crippen molar-refractivity contribution in [2.45, 2.75) is 13.8 Å². The number of hydrogen-bond acceptors (Lipinski definition) is 2. The lowest BCUT2D eigenvalue weighted by atomic mass is 10.2. The average molecular weight is 343 g/mol. The van der Waals surface area contributed by atoms with Crippen molar-refractivity contribution in [1.29, 1.82) is 0 Å². The van der Waals surface area contributed by atoms with Crippen LogP contribution in [0.15, 0.2) is 22.7 Å². The van der Waals surface area contributed by atoms with Gasteiger partial charge in [0.15, 0.2) is 0 Å². The fourth-order valence-corrected chi connectivity index (χ4v) is 2.67. The number of aryl methyl sites for hydroxylation is 2. The molecule has 0 bridgehead atoms. The van der Waals surface area contributed by atoms with Gasteiger partial charge in [-0.15, -0.1) is 0 Å². The smallest absolute Gasteiger partial charge is 0.256 e. The summed E-state index contributed by atoms with van der Waals surface area (Å²) in [6, 6.07) is 5.06. The Kier molecular flexibility index (Phi) is 3.96. The molecule has 0 aliphatic heterocycles. The maximum atomic E-state index is 12.2. The summed E-state index contributed by atoms with van der Waals surface area (Å²) in [5.74, 6) is -0.192. The fourth-order valence-electron chi connectivity index (χ4n) is 1.81. The minimum absolute atomic E-state index is 0.192. The second kappa shape index (κ2) is 5.35. The average Bonchev–Trinajstić information content (AvgIpc) is 2.56. The summed E-state index contributed by atoms with van der Waals surface area (Å²) in [4.78, 5) is 12.2. The van der Waals surface area contributed by atoms with Gasteiger partial charge in [0.2, 0.25) is 0 Å². The highest BCUT2D eigenvalue weighted by Gasteiger charge is 2.15. The Morgan fingerprint density at radius 2 is 2.11 bits per heavy atom. The van der Waals surface area contributed by atoms with Crippen molar-refractivity contribution in [3.8, 4) is 0 Å². The Morgan fingerprint density at radius 1 is 1.42 bits per heavy atom. The zero-order chi connectivity index (χ0) is 14.2. The maximum absolute atomic E-state index is 12.2. The van der Waals surface area contributed by atoms with E-state index in [2.05, 4.69) is 26.3 Å². The number of aromatic nitrogens is 2. The molecule has 2 aromatic rings. The number of hydrogen-bond donors (Lipinski definition) is 1. The molecule has 0 saturated heterocycles. The number of benzene rings is 1. The van der Waals surface area contributed by atoms with Crippen molar-refractivity contribution in [3.63, 3.8) is 0 Å². The first-order chi connectivity index (χ1) is 8.90. The van der Waals surface area contributed by atoms with Crippen LogP contribution in [0.1, 0.15) is 21.7 Å². The first-order valence-electron chi connectivity index (χ1n) is 5.66. The highest BCUT2D eigenvalue weighted by molar-refractivity contribution is 9.10. The zero-order valence-corrected chi connectivity index (χ0v) is 13.1. The SMILES string of the molecule is Cc1nn(C)c(C)c1NC(=O)c1ccc(Cl)cc1Br. The van der Waals surface area contributed by atoms with Gasteiger partial charge in [-0.1, -0.05) is 11.6 Å². The Morgan fingerprint density at radius 3 is 2.63 bits per heavy atom. The second-order valence-electron chi connectivity index (χ2n) is 4.25. The molecule has 0 radical (unpaired) electrons. The van der Waals surface area contributed by atoms with Crippen LogP contribution in [0.3, 0.4) is 0 Å². The van der Waals surface area contributed by atoms with Crippen molar-refractivity contribution in [3.05, 3.63) is 44.6 Å². The summed E-state index contributed by atoms with van der Waals surface area (Å²) in [5.41, 5.74) is 2.98. The lowest BCUT2D eigenvalue weighted by Crippen LogP contribution is -2.13. The van der Waals surface area contributed by atoms with Crippen molar-refractivity contribution < 1.29 is 4.79 Å². The van der Waals surface area contributed by atoms with E-state index in [0.29, 0.717) is 15.1 Å². The number of nitrogens with one attached hydrogen (secondary N) is 1. The molecule has 0 unspecified atom stereocenters. The van der Waals surface area contributed by atoms with Crippen LogP contribution in [0.4, 0.5) is 5.69 Å². The predicted molar refractivity (Wildman–Crippen MR) is 79.8 cm³/mol. The van der Waals surface area contributed by atoms with Crippen LogP contribution >= 0.6 is 27.5 Å². The van der Waals surface area contributed by atoms with Gasteiger partial charge in [0.1, 0.15) is 0 Å². The van der Waals surface area contributed by atoms with E-state index in [1.165, 1.54) is 0 Å². The van der Waals surface area contributed by atoms with Gasteiger partial charge in [-0.25, -0.2) is 0 Å². The molecular formula is C13H13BrClN3O. The predicted octanol–water partition coefficient (Wildman–Crippen LogP) is 3.71. The summed E-state index contributed by atoms with van der Waals surface area (Å²) in [6.45, 7) is 3.77. The number of anilines is 1. The maximum Gasteiger partial charge on any atom is 0.256 e. The molecule has 100 valence electrons. The van der Waals surface area contributed by atoms with Gasteiger partial charge in [-0.3, -0.25) is 9.48 Å². The van der Waals surface area contributed by atoms with E-state index >= 15 is 0 Å². The minimum Gasteiger partial charge on any atom is -0.319 e. The third kappa shape index (κ3) is 2.82. The van der Waals surface area contributed by atoms with E-state index in [0.717, 1.165) is 17.1 Å². The molecular weight excluding hydrogens is 330 g/mol. The Hall–Kier alpha value is -1.33. The summed E-state index contributed by atoms with van der Waals surface area (Å²) in [5, 5.41) is 7.72. The van der Waals surface area contributed by atoms with Gasteiger partial charge in [-0.05, 0) is 48.0 Å². The number of nitrogens with zero attached hydrogens (tertiary/aromatic N) is 2. The first kappa shape index (κ1) is 14.1. The van der Waals surface area contributed by atoms with Crippen LogP contribution in [-0.4, -0.2) is 15.7 Å². The van der Waals surface area contributed by atoms with E-state index < -0.39 is 0 Å². The molecule has 0 saturated carbocycles. The normalized spacial score (nSPS) is 10.6. The first-order valence-corrected chi connectivity index (χ1v) is 6.84. The van der Waals surface area contributed by atoms with Crippen molar-refractivity contribution in [2.75, 3.05) is 5.32 Å². The van der Waals surface area contributed by atoms with Gasteiger partial charge in [0, 0.05) is 16.5 Å². The topological polar surface area (TPSA) is 46.9 Å². The molecule has 0 aliphatic rings. The largest absolute Gasteiger partial charge is 0.319 e. The van der Waals surface area contributed by atoms with Gasteiger partial charge in [-0.2, -0.15) is 5.10 Å². The molecule has 4 nitrogen and oxygen atoms in total. The number of carbonyl (C=O) groups is 1. The number of rotatable bonds is 2. The van der Waals surface area contributed by atoms with Crippen LogP contribution in [0.2, 0.25) is 5.02 Å². The van der Waals surface area contributed by atoms with E-state index in [-0.39, 0.29) is 5.91 Å². The van der Waals surface area contributed by atoms with Crippen molar-refractivity contribution >= 4 is 39.1 Å². The molecule has 0 atom stereocenters. The zero-order valence-electron chi connectivity index (χ0n) is 10.8. The highest BCUT2D eigenvalue weighted by Crippen LogP contribution is 2.24. The quantitative estimate of drug-likeness (QED) is 0.904. The summed E-state index contributed by atoms with van der Waals surface area (Å²) in [7, 11) is 1.84. The Bertz CT molecular complexity index is 652. The standard InChI is InChI=1S/C13H13BrClN3O/c1-7-12(8(2)18(3)17-7)16-13(19)10-5-4-9(15)6-11(10)14/h4-6H,1-3H3,(H,16,19). The van der Waals surface area contributed by atoms with Crippen molar-refractivity contribution in [2.24, 2.45) is 7.05 Å². The lowest BCUT2D eigenvalue weighted by molar-refractivity contribution is 0.102. The Labute approximate surface area is 124 Å². The molecule has 1 N–H and O–H groups in total. The molecule has 19 heavy (non-hydrogen) atoms. The fraction of sp³-hybridized carbons (Fsp3) is 0.231. The molecule has 1 aromatic carbocycles. The van der Waals surface area contributed by atoms with Gasteiger partial charge < -0.3 is 5.32 Å². The molecule has 0 fully saturated rings. The van der Waals surface area contributed by atoms with Gasteiger partial charge >= 0.3 is 0 Å². The Balaban J connectivity index is 2.31. The van der Waals surface area contributed by atoms with E-state index in [1.807, 2.05) is 20.9 Å². The van der Waals surface area contributed by atoms with Gasteiger partial charge in [0.05, 0.1) is 22.6 Å². The molecule has 1 aromatic heterocycles. The van der Waals surface area contributed by atoms with Crippen LogP contribution in [-0.2, 0) is 7.05 Å². The van der Waals surface area contributed by atoms with Crippen LogP contribution in [0.5, 0.6) is 0 Å². The molecule has 1 amide bonds. The molecule has 6 heteroatoms. The molecule has 2 rings (SSSR count). The van der Waals surface area contributed by atoms with E-state index in [1.54, 1.807) is 22.9 Å². The molecule has 1 heterocycles. The van der Waals surface area contributed by atoms with Crippen LogP contribution < -0.4 is 5.32 Å². The third-order valence-electron chi connectivity index (χ3n) is 2.92. The molecule has 0 aliphatic carbocycles. The molecule has 0 spiro atoms. The third-order valence-corrected chi connectivity index (χ3v) is 3.81. The number of halogens is 2. The van der Waals surface area contributed by atoms with Gasteiger partial charge in [0.25, 0.3) is 5.91 Å². The van der Waals surface area contributed by atoms with Crippen LogP contribution in [0.25, 0.3) is 0 Å². The minimum atomic E-state index is -0.192. The number of amides is 1. The van der Waals surface area contributed by atoms with E-state index in [9.17, 15) is 4.79 Å². The summed E-state index contributed by atoms with van der Waals surface area (Å²) in [6.07, 6.45) is 0. The summed E-state index contributed by atoms with van der Waals surface area (Å²) < 4.78 is 2.40. The summed E-state index contributed by atoms with van der Waals surface area (Å²) >= 11 is 9.20. The monoisotopic (exact) mass is 341 g/mol. The highest BCUT2D eigenvalue weighted by atomic mass is 79.9. The van der Waals surface area contributed by atoms with E-state index in [4.69, 9.17) is 11.6 Å².